The number of aliphatic carboxylic acids is 1. The molecule has 1 fully saturated rings. The molecule has 0 bridgehead atoms. The lowest BCUT2D eigenvalue weighted by Gasteiger charge is -2.16. The van der Waals surface area contributed by atoms with Gasteiger partial charge in [-0.15, -0.1) is 0 Å². The van der Waals surface area contributed by atoms with Crippen molar-refractivity contribution in [3.8, 4) is 0 Å². The van der Waals surface area contributed by atoms with E-state index in [0.717, 1.165) is 12.5 Å². The van der Waals surface area contributed by atoms with Crippen LogP contribution in [0.1, 0.15) is 24.8 Å². The third-order valence-electron chi connectivity index (χ3n) is 3.78. The molecule has 1 atom stereocenters. The zero-order chi connectivity index (χ0) is 15.4. The van der Waals surface area contributed by atoms with Crippen molar-refractivity contribution in [2.24, 2.45) is 5.92 Å². The van der Waals surface area contributed by atoms with E-state index < -0.39 is 17.6 Å². The predicted octanol–water partition coefficient (Wildman–Crippen LogP) is 2.22. The Morgan fingerprint density at radius 3 is 2.81 bits per heavy atom. The topological polar surface area (TPSA) is 57.6 Å². The van der Waals surface area contributed by atoms with Crippen molar-refractivity contribution in [3.05, 3.63) is 35.4 Å². The number of nitrogens with zero attached hydrogens (tertiary/aromatic N) is 1. The molecule has 0 radical (unpaired) electrons. The van der Waals surface area contributed by atoms with Crippen molar-refractivity contribution >= 4 is 11.9 Å². The Hall–Kier alpha value is -1.98. The number of amides is 1. The number of carbonyl (C=O) groups excluding carboxylic acids is 1. The molecular formula is C15H17F2NO3. The summed E-state index contributed by atoms with van der Waals surface area (Å²) < 4.78 is 26.6. The standard InChI is InChI=1S/C15H17F2NO3/c16-12-3-1-2-11(15(12)17)8-13(19)18-7-6-10(9-18)4-5-14(20)21/h1-3,10H,4-9H2,(H,20,21). The Labute approximate surface area is 121 Å². The van der Waals surface area contributed by atoms with Gasteiger partial charge in [-0.1, -0.05) is 12.1 Å². The van der Waals surface area contributed by atoms with Gasteiger partial charge in [0.25, 0.3) is 0 Å². The van der Waals surface area contributed by atoms with Crippen LogP contribution in [0.4, 0.5) is 8.78 Å². The van der Waals surface area contributed by atoms with Crippen LogP contribution in [0.2, 0.25) is 0 Å². The minimum Gasteiger partial charge on any atom is -0.481 e. The van der Waals surface area contributed by atoms with Crippen LogP contribution in [0, 0.1) is 17.6 Å². The van der Waals surface area contributed by atoms with Crippen molar-refractivity contribution in [1.82, 2.24) is 4.90 Å². The Bertz CT molecular complexity index is 548. The molecular weight excluding hydrogens is 280 g/mol. The molecule has 0 spiro atoms. The Morgan fingerprint density at radius 2 is 2.10 bits per heavy atom. The lowest BCUT2D eigenvalue weighted by atomic mass is 10.0. The number of carbonyl (C=O) groups is 2. The molecule has 0 aliphatic carbocycles. The number of likely N-dealkylation sites (tertiary alicyclic amines) is 1. The molecule has 1 aromatic rings. The molecule has 1 N–H and O–H groups in total. The average Bonchev–Trinajstić information content (AvgIpc) is 2.90. The van der Waals surface area contributed by atoms with E-state index in [-0.39, 0.29) is 30.2 Å². The van der Waals surface area contributed by atoms with E-state index in [1.807, 2.05) is 0 Å². The second-order valence-electron chi connectivity index (χ2n) is 5.32. The van der Waals surface area contributed by atoms with Crippen molar-refractivity contribution in [2.45, 2.75) is 25.7 Å². The Balaban J connectivity index is 1.90. The molecule has 1 heterocycles. The first-order valence-electron chi connectivity index (χ1n) is 6.90. The Morgan fingerprint density at radius 1 is 1.33 bits per heavy atom. The molecule has 1 unspecified atom stereocenters. The second-order valence-corrected chi connectivity index (χ2v) is 5.32. The van der Waals surface area contributed by atoms with Crippen LogP contribution >= 0.6 is 0 Å². The molecule has 4 nitrogen and oxygen atoms in total. The first-order valence-corrected chi connectivity index (χ1v) is 6.90. The van der Waals surface area contributed by atoms with Gasteiger partial charge in [0.1, 0.15) is 0 Å². The van der Waals surface area contributed by atoms with Crippen LogP contribution in [0.25, 0.3) is 0 Å². The highest BCUT2D eigenvalue weighted by atomic mass is 19.2. The van der Waals surface area contributed by atoms with Crippen molar-refractivity contribution < 1.29 is 23.5 Å². The number of halogens is 2. The fraction of sp³-hybridized carbons (Fsp3) is 0.467. The zero-order valence-electron chi connectivity index (χ0n) is 11.5. The SMILES string of the molecule is O=C(O)CCC1CCN(C(=O)Cc2cccc(F)c2F)C1. The number of hydrogen-bond acceptors (Lipinski definition) is 2. The van der Waals surface area contributed by atoms with E-state index in [1.165, 1.54) is 12.1 Å². The minimum absolute atomic E-state index is 0.0500. The first-order chi connectivity index (χ1) is 9.97. The summed E-state index contributed by atoms with van der Waals surface area (Å²) in [6.07, 6.45) is 1.21. The fourth-order valence-corrected chi connectivity index (χ4v) is 2.58. The number of hydrogen-bond donors (Lipinski definition) is 1. The highest BCUT2D eigenvalue weighted by Crippen LogP contribution is 2.22. The summed E-state index contributed by atoms with van der Waals surface area (Å²) in [5.41, 5.74) is 0.0500. The second kappa shape index (κ2) is 6.65. The van der Waals surface area contributed by atoms with Gasteiger partial charge in [0.05, 0.1) is 6.42 Å². The summed E-state index contributed by atoms with van der Waals surface area (Å²) in [7, 11) is 0. The third-order valence-corrected chi connectivity index (χ3v) is 3.78. The molecule has 1 aliphatic rings. The molecule has 1 amide bonds. The smallest absolute Gasteiger partial charge is 0.303 e. The monoisotopic (exact) mass is 297 g/mol. The maximum atomic E-state index is 13.5. The van der Waals surface area contributed by atoms with Crippen molar-refractivity contribution in [2.75, 3.05) is 13.1 Å². The summed E-state index contributed by atoms with van der Waals surface area (Å²) in [6, 6.07) is 3.79. The van der Waals surface area contributed by atoms with Gasteiger partial charge in [-0.05, 0) is 24.8 Å². The predicted molar refractivity (Wildman–Crippen MR) is 71.6 cm³/mol. The molecule has 0 aromatic heterocycles. The van der Waals surface area contributed by atoms with Crippen molar-refractivity contribution in [3.63, 3.8) is 0 Å². The molecule has 0 saturated carbocycles. The minimum atomic E-state index is -0.979. The number of rotatable bonds is 5. The van der Waals surface area contributed by atoms with Crippen LogP contribution < -0.4 is 0 Å². The van der Waals surface area contributed by atoms with Gasteiger partial charge in [-0.3, -0.25) is 9.59 Å². The van der Waals surface area contributed by atoms with E-state index in [2.05, 4.69) is 0 Å². The quantitative estimate of drug-likeness (QED) is 0.906. The van der Waals surface area contributed by atoms with Crippen molar-refractivity contribution in [1.29, 1.82) is 0 Å². The number of benzene rings is 1. The maximum absolute atomic E-state index is 13.5. The number of carboxylic acid groups (broad SMARTS) is 1. The highest BCUT2D eigenvalue weighted by Gasteiger charge is 2.27. The molecule has 1 aliphatic heterocycles. The molecule has 6 heteroatoms. The lowest BCUT2D eigenvalue weighted by molar-refractivity contribution is -0.137. The molecule has 2 rings (SSSR count). The summed E-state index contributed by atoms with van der Waals surface area (Å²) >= 11 is 0. The zero-order valence-corrected chi connectivity index (χ0v) is 11.5. The normalized spacial score (nSPS) is 18.0. The van der Waals surface area contributed by atoms with Gasteiger partial charge in [0, 0.05) is 25.1 Å². The maximum Gasteiger partial charge on any atom is 0.303 e. The van der Waals surface area contributed by atoms with Gasteiger partial charge >= 0.3 is 5.97 Å². The van der Waals surface area contributed by atoms with Crippen LogP contribution in [0.15, 0.2) is 18.2 Å². The third kappa shape index (κ3) is 4.00. The van der Waals surface area contributed by atoms with Gasteiger partial charge in [-0.25, -0.2) is 8.78 Å². The number of carboxylic acids is 1. The average molecular weight is 297 g/mol. The summed E-state index contributed by atoms with van der Waals surface area (Å²) in [4.78, 5) is 24.2. The van der Waals surface area contributed by atoms with Crippen LogP contribution in [-0.2, 0) is 16.0 Å². The van der Waals surface area contributed by atoms with Gasteiger partial charge in [-0.2, -0.15) is 0 Å². The summed E-state index contributed by atoms with van der Waals surface area (Å²) in [5, 5.41) is 8.64. The molecule has 114 valence electrons. The van der Waals surface area contributed by atoms with Gasteiger partial charge in [0.2, 0.25) is 5.91 Å². The largest absolute Gasteiger partial charge is 0.481 e. The van der Waals surface area contributed by atoms with E-state index in [4.69, 9.17) is 5.11 Å². The fourth-order valence-electron chi connectivity index (χ4n) is 2.58. The van der Waals surface area contributed by atoms with Crippen LogP contribution in [0.5, 0.6) is 0 Å². The molecule has 21 heavy (non-hydrogen) atoms. The van der Waals surface area contributed by atoms with Crippen LogP contribution in [0.3, 0.4) is 0 Å². The summed E-state index contributed by atoms with van der Waals surface area (Å²) in [6.45, 7) is 1.03. The van der Waals surface area contributed by atoms with Gasteiger partial charge in [0.15, 0.2) is 11.6 Å². The van der Waals surface area contributed by atoms with Gasteiger partial charge < -0.3 is 10.0 Å². The highest BCUT2D eigenvalue weighted by molar-refractivity contribution is 5.79. The Kier molecular flexibility index (Phi) is 4.88. The van der Waals surface area contributed by atoms with Crippen LogP contribution in [-0.4, -0.2) is 35.0 Å². The summed E-state index contributed by atoms with van der Waals surface area (Å²) in [5.74, 6) is -2.87. The lowest BCUT2D eigenvalue weighted by Crippen LogP contribution is -2.30. The molecule has 1 aromatic carbocycles. The molecule has 1 saturated heterocycles. The van der Waals surface area contributed by atoms with E-state index in [0.29, 0.717) is 19.5 Å². The van der Waals surface area contributed by atoms with E-state index >= 15 is 0 Å². The van der Waals surface area contributed by atoms with E-state index in [1.54, 1.807) is 4.90 Å². The first kappa shape index (κ1) is 15.4. The van der Waals surface area contributed by atoms with E-state index in [9.17, 15) is 18.4 Å².